The van der Waals surface area contributed by atoms with E-state index in [-0.39, 0.29) is 0 Å². The zero-order chi connectivity index (χ0) is 41.7. The highest BCUT2D eigenvalue weighted by Gasteiger charge is 2.18. The summed E-state index contributed by atoms with van der Waals surface area (Å²) >= 11 is 0. The van der Waals surface area contributed by atoms with Crippen LogP contribution in [0.25, 0.3) is 88.4 Å². The van der Waals surface area contributed by atoms with Gasteiger partial charge in [-0.3, -0.25) is 0 Å². The molecule has 0 radical (unpaired) electrons. The van der Waals surface area contributed by atoms with Crippen molar-refractivity contribution in [2.75, 3.05) is 4.90 Å². The molecule has 63 heavy (non-hydrogen) atoms. The lowest BCUT2D eigenvalue weighted by atomic mass is 10.00. The lowest BCUT2D eigenvalue weighted by Gasteiger charge is -2.26. The van der Waals surface area contributed by atoms with Gasteiger partial charge in [-0.1, -0.05) is 170 Å². The predicted molar refractivity (Wildman–Crippen MR) is 266 cm³/mol. The number of rotatable bonds is 8. The number of hydrogen-bond acceptors (Lipinski definition) is 1. The van der Waals surface area contributed by atoms with Gasteiger partial charge < -0.3 is 14.0 Å². The highest BCUT2D eigenvalue weighted by atomic mass is 15.1. The van der Waals surface area contributed by atoms with Crippen LogP contribution in [0, 0.1) is 0 Å². The van der Waals surface area contributed by atoms with E-state index in [2.05, 4.69) is 263 Å². The minimum absolute atomic E-state index is 1.08. The van der Waals surface area contributed by atoms with Crippen molar-refractivity contribution < 1.29 is 0 Å². The second-order valence-electron chi connectivity index (χ2n) is 16.2. The van der Waals surface area contributed by atoms with Crippen LogP contribution < -0.4 is 4.90 Å². The number of aromatic nitrogens is 2. The SMILES string of the molecule is c1ccc(-c2ccc(-c3ccc(N(c4ccc(-c5ccc(-n6c7ccccc7c7ccccc76)cc5)cc4)c4cccc(-n5c6ccccc6c6ccccc65)c4)cc3)cc2)cc1. The van der Waals surface area contributed by atoms with Crippen LogP contribution in [0.3, 0.4) is 0 Å². The number of anilines is 3. The van der Waals surface area contributed by atoms with E-state index < -0.39 is 0 Å². The molecule has 0 N–H and O–H groups in total. The summed E-state index contributed by atoms with van der Waals surface area (Å²) in [6.07, 6.45) is 0. The fourth-order valence-electron chi connectivity index (χ4n) is 9.51. The highest BCUT2D eigenvalue weighted by molar-refractivity contribution is 6.10. The molecule has 2 aromatic heterocycles. The van der Waals surface area contributed by atoms with E-state index >= 15 is 0 Å². The lowest BCUT2D eigenvalue weighted by Crippen LogP contribution is -2.10. The summed E-state index contributed by atoms with van der Waals surface area (Å²) in [6.45, 7) is 0. The lowest BCUT2D eigenvalue weighted by molar-refractivity contribution is 1.17. The third kappa shape index (κ3) is 6.38. The number of benzene rings is 10. The molecule has 3 nitrogen and oxygen atoms in total. The fourth-order valence-corrected chi connectivity index (χ4v) is 9.51. The number of hydrogen-bond donors (Lipinski definition) is 0. The third-order valence-electron chi connectivity index (χ3n) is 12.5. The Balaban J connectivity index is 0.920. The molecule has 0 aliphatic carbocycles. The molecule has 0 bridgehead atoms. The molecule has 2 heterocycles. The Morgan fingerprint density at radius 3 is 0.984 bits per heavy atom. The van der Waals surface area contributed by atoms with Crippen LogP contribution in [0.2, 0.25) is 0 Å². The van der Waals surface area contributed by atoms with Gasteiger partial charge in [-0.25, -0.2) is 0 Å². The monoisotopic (exact) mass is 803 g/mol. The summed E-state index contributed by atoms with van der Waals surface area (Å²) in [7, 11) is 0. The van der Waals surface area contributed by atoms with E-state index in [4.69, 9.17) is 0 Å². The minimum Gasteiger partial charge on any atom is -0.310 e. The summed E-state index contributed by atoms with van der Waals surface area (Å²) in [5.74, 6) is 0. The zero-order valence-electron chi connectivity index (χ0n) is 34.5. The van der Waals surface area contributed by atoms with Crippen LogP contribution in [0.4, 0.5) is 17.1 Å². The minimum atomic E-state index is 1.08. The smallest absolute Gasteiger partial charge is 0.0541 e. The average Bonchev–Trinajstić information content (AvgIpc) is 3.88. The number of para-hydroxylation sites is 4. The van der Waals surface area contributed by atoms with Gasteiger partial charge in [0.1, 0.15) is 0 Å². The number of nitrogens with zero attached hydrogens (tertiary/aromatic N) is 3. The molecule has 0 fully saturated rings. The topological polar surface area (TPSA) is 13.1 Å². The molecule has 0 atom stereocenters. The quantitative estimate of drug-likeness (QED) is 0.149. The molecule has 0 amide bonds. The van der Waals surface area contributed by atoms with Crippen molar-refractivity contribution in [1.82, 2.24) is 9.13 Å². The maximum Gasteiger partial charge on any atom is 0.0541 e. The van der Waals surface area contributed by atoms with Crippen LogP contribution in [0.5, 0.6) is 0 Å². The van der Waals surface area contributed by atoms with Gasteiger partial charge in [-0.2, -0.15) is 0 Å². The van der Waals surface area contributed by atoms with Crippen molar-refractivity contribution in [3.63, 3.8) is 0 Å². The summed E-state index contributed by atoms with van der Waals surface area (Å²) < 4.78 is 4.76. The maximum atomic E-state index is 2.39. The van der Waals surface area contributed by atoms with E-state index in [1.807, 2.05) is 0 Å². The molecular formula is C60H41N3. The van der Waals surface area contributed by atoms with Gasteiger partial charge in [0.2, 0.25) is 0 Å². The third-order valence-corrected chi connectivity index (χ3v) is 12.5. The first-order valence-corrected chi connectivity index (χ1v) is 21.6. The normalized spacial score (nSPS) is 11.5. The Bertz CT molecular complexity index is 3470. The molecule has 12 aromatic rings. The molecular weight excluding hydrogens is 763 g/mol. The molecule has 0 aliphatic heterocycles. The Labute approximate surface area is 366 Å². The largest absolute Gasteiger partial charge is 0.310 e. The molecule has 0 saturated heterocycles. The van der Waals surface area contributed by atoms with Crippen molar-refractivity contribution in [3.05, 3.63) is 249 Å². The first kappa shape index (κ1) is 36.5. The van der Waals surface area contributed by atoms with Crippen LogP contribution in [0.1, 0.15) is 0 Å². The second-order valence-corrected chi connectivity index (χ2v) is 16.2. The van der Waals surface area contributed by atoms with Crippen molar-refractivity contribution >= 4 is 60.7 Å². The van der Waals surface area contributed by atoms with E-state index in [9.17, 15) is 0 Å². The van der Waals surface area contributed by atoms with E-state index in [0.717, 1.165) is 28.4 Å². The second kappa shape index (κ2) is 15.3. The Morgan fingerprint density at radius 2 is 0.556 bits per heavy atom. The number of fused-ring (bicyclic) bond motifs is 6. The molecule has 0 spiro atoms. The van der Waals surface area contributed by atoms with Gasteiger partial charge in [-0.15, -0.1) is 0 Å². The summed E-state index contributed by atoms with van der Waals surface area (Å²) in [6, 6.07) is 90.0. The van der Waals surface area contributed by atoms with E-state index in [0.29, 0.717) is 0 Å². The molecule has 0 aliphatic rings. The van der Waals surface area contributed by atoms with Crippen molar-refractivity contribution in [3.8, 4) is 44.8 Å². The van der Waals surface area contributed by atoms with Gasteiger partial charge in [0.05, 0.1) is 22.1 Å². The molecule has 3 heteroatoms. The van der Waals surface area contributed by atoms with Gasteiger partial charge in [0.15, 0.2) is 0 Å². The van der Waals surface area contributed by atoms with Gasteiger partial charge >= 0.3 is 0 Å². The molecule has 10 aromatic carbocycles. The molecule has 12 rings (SSSR count). The van der Waals surface area contributed by atoms with Gasteiger partial charge in [0.25, 0.3) is 0 Å². The highest BCUT2D eigenvalue weighted by Crippen LogP contribution is 2.40. The van der Waals surface area contributed by atoms with Gasteiger partial charge in [-0.05, 0) is 112 Å². The van der Waals surface area contributed by atoms with Crippen LogP contribution in [-0.2, 0) is 0 Å². The Hall–Kier alpha value is -8.40. The first-order valence-electron chi connectivity index (χ1n) is 21.6. The Kier molecular flexibility index (Phi) is 8.83. The molecule has 0 unspecified atom stereocenters. The summed E-state index contributed by atoms with van der Waals surface area (Å²) in [4.78, 5) is 2.37. The van der Waals surface area contributed by atoms with Crippen LogP contribution in [-0.4, -0.2) is 9.13 Å². The first-order chi connectivity index (χ1) is 31.2. The van der Waals surface area contributed by atoms with Gasteiger partial charge in [0, 0.05) is 50.0 Å². The van der Waals surface area contributed by atoms with Crippen molar-refractivity contribution in [2.24, 2.45) is 0 Å². The van der Waals surface area contributed by atoms with Crippen LogP contribution >= 0.6 is 0 Å². The standard InChI is InChI=1S/C60H41N3/c1-2-13-42(14-3-1)43-25-27-44(28-26-43)45-29-35-48(36-30-45)61(51-15-12-16-52(41-51)63-59-23-10-6-19-55(59)56-20-7-11-24-60(56)63)49-37-31-46(32-38-49)47-33-39-50(40-34-47)62-57-21-8-4-17-53(57)54-18-5-9-22-58(54)62/h1-41H. The summed E-state index contributed by atoms with van der Waals surface area (Å²) in [5, 5.41) is 5.04. The fraction of sp³-hybridized carbons (Fsp3) is 0. The van der Waals surface area contributed by atoms with Crippen molar-refractivity contribution in [1.29, 1.82) is 0 Å². The van der Waals surface area contributed by atoms with Crippen molar-refractivity contribution in [2.45, 2.75) is 0 Å². The van der Waals surface area contributed by atoms with E-state index in [1.165, 1.54) is 77.0 Å². The van der Waals surface area contributed by atoms with E-state index in [1.54, 1.807) is 0 Å². The summed E-state index contributed by atoms with van der Waals surface area (Å²) in [5.41, 5.74) is 17.5. The zero-order valence-corrected chi connectivity index (χ0v) is 34.5. The Morgan fingerprint density at radius 1 is 0.222 bits per heavy atom. The molecule has 296 valence electrons. The maximum absolute atomic E-state index is 2.39. The molecule has 0 saturated carbocycles. The predicted octanol–water partition coefficient (Wildman–Crippen LogP) is 16.4. The average molecular weight is 804 g/mol. The van der Waals surface area contributed by atoms with Crippen LogP contribution in [0.15, 0.2) is 249 Å².